The lowest BCUT2D eigenvalue weighted by Gasteiger charge is -2.25. The lowest BCUT2D eigenvalue weighted by molar-refractivity contribution is -0.0306. The quantitative estimate of drug-likeness (QED) is 0.853. The Labute approximate surface area is 102 Å². The fourth-order valence-electron chi connectivity index (χ4n) is 2.40. The second kappa shape index (κ2) is 5.14. The Balaban J connectivity index is 2.21. The van der Waals surface area contributed by atoms with Gasteiger partial charge in [0.25, 0.3) is 0 Å². The average molecular weight is 239 g/mol. The van der Waals surface area contributed by atoms with Crippen LogP contribution in [-0.2, 0) is 10.3 Å². The van der Waals surface area contributed by atoms with Gasteiger partial charge in [0.15, 0.2) is 0 Å². The minimum atomic E-state index is -0.402. The van der Waals surface area contributed by atoms with Crippen LogP contribution in [0.2, 0.25) is 0 Å². The summed E-state index contributed by atoms with van der Waals surface area (Å²) in [5.74, 6) is 1.37. The van der Waals surface area contributed by atoms with Crippen LogP contribution >= 0.6 is 0 Å². The van der Waals surface area contributed by atoms with Gasteiger partial charge in [-0.25, -0.2) is 0 Å². The summed E-state index contributed by atoms with van der Waals surface area (Å²) in [6.45, 7) is 5.19. The summed E-state index contributed by atoms with van der Waals surface area (Å²) < 4.78 is 10.9. The van der Waals surface area contributed by atoms with Crippen LogP contribution in [0.4, 0.5) is 0 Å². The molecule has 0 unspecified atom stereocenters. The molecule has 17 heavy (non-hydrogen) atoms. The first-order valence-electron chi connectivity index (χ1n) is 6.38. The van der Waals surface area contributed by atoms with Crippen LogP contribution in [0.1, 0.15) is 57.3 Å². The summed E-state index contributed by atoms with van der Waals surface area (Å²) >= 11 is 0. The highest BCUT2D eigenvalue weighted by Crippen LogP contribution is 2.31. The third-order valence-corrected chi connectivity index (χ3v) is 3.74. The van der Waals surface area contributed by atoms with Gasteiger partial charge in [-0.05, 0) is 32.2 Å². The number of rotatable bonds is 5. The summed E-state index contributed by atoms with van der Waals surface area (Å²) in [5.41, 5.74) is -0.402. The largest absolute Gasteiger partial charge is 0.370 e. The third-order valence-electron chi connectivity index (χ3n) is 3.74. The number of hydrogen-bond acceptors (Lipinski definition) is 5. The molecule has 5 heteroatoms. The van der Waals surface area contributed by atoms with Gasteiger partial charge in [-0.1, -0.05) is 19.0 Å². The van der Waals surface area contributed by atoms with Crippen LogP contribution in [0.15, 0.2) is 4.52 Å². The maximum absolute atomic E-state index is 5.59. The zero-order valence-electron chi connectivity index (χ0n) is 10.8. The van der Waals surface area contributed by atoms with Crippen LogP contribution in [0.3, 0.4) is 0 Å². The Morgan fingerprint density at radius 2 is 2.24 bits per heavy atom. The first kappa shape index (κ1) is 12.5. The van der Waals surface area contributed by atoms with E-state index in [-0.39, 0.29) is 6.04 Å². The fraction of sp³-hybridized carbons (Fsp3) is 0.833. The van der Waals surface area contributed by atoms with Crippen molar-refractivity contribution in [2.45, 2.75) is 51.2 Å². The smallest absolute Gasteiger partial charge is 0.243 e. The van der Waals surface area contributed by atoms with Crippen molar-refractivity contribution in [1.29, 1.82) is 0 Å². The number of hydrogen-bond donors (Lipinski definition) is 1. The SMILES string of the molecule is CCC(CC)(OC)c1noc([C@H]2CCCN2)n1. The van der Waals surface area contributed by atoms with Crippen LogP contribution in [-0.4, -0.2) is 23.8 Å². The Hall–Kier alpha value is -0.940. The van der Waals surface area contributed by atoms with Gasteiger partial charge in [0, 0.05) is 7.11 Å². The molecule has 1 fully saturated rings. The second-order valence-corrected chi connectivity index (χ2v) is 4.51. The van der Waals surface area contributed by atoms with E-state index in [1.165, 1.54) is 6.42 Å². The van der Waals surface area contributed by atoms with E-state index >= 15 is 0 Å². The summed E-state index contributed by atoms with van der Waals surface area (Å²) in [6, 6.07) is 0.222. The van der Waals surface area contributed by atoms with E-state index in [1.807, 2.05) is 0 Å². The summed E-state index contributed by atoms with van der Waals surface area (Å²) in [6.07, 6.45) is 3.92. The van der Waals surface area contributed by atoms with E-state index in [4.69, 9.17) is 9.26 Å². The van der Waals surface area contributed by atoms with Crippen molar-refractivity contribution in [2.24, 2.45) is 0 Å². The van der Waals surface area contributed by atoms with Gasteiger partial charge >= 0.3 is 0 Å². The third kappa shape index (κ3) is 2.21. The molecular weight excluding hydrogens is 218 g/mol. The highest BCUT2D eigenvalue weighted by Gasteiger charge is 2.35. The Morgan fingerprint density at radius 3 is 2.76 bits per heavy atom. The zero-order valence-corrected chi connectivity index (χ0v) is 10.8. The number of nitrogens with one attached hydrogen (secondary N) is 1. The zero-order chi connectivity index (χ0) is 12.3. The maximum Gasteiger partial charge on any atom is 0.243 e. The molecule has 0 spiro atoms. The van der Waals surface area contributed by atoms with Crippen LogP contribution in [0, 0.1) is 0 Å². The normalized spacial score (nSPS) is 21.0. The van der Waals surface area contributed by atoms with Crippen molar-refractivity contribution in [1.82, 2.24) is 15.5 Å². The monoisotopic (exact) mass is 239 g/mol. The Bertz CT molecular complexity index is 346. The van der Waals surface area contributed by atoms with Crippen molar-refractivity contribution in [2.75, 3.05) is 13.7 Å². The number of nitrogens with zero attached hydrogens (tertiary/aromatic N) is 2. The van der Waals surface area contributed by atoms with Crippen molar-refractivity contribution < 1.29 is 9.26 Å². The van der Waals surface area contributed by atoms with Gasteiger partial charge in [-0.15, -0.1) is 0 Å². The van der Waals surface area contributed by atoms with Gasteiger partial charge in [-0.3, -0.25) is 0 Å². The topological polar surface area (TPSA) is 60.2 Å². The second-order valence-electron chi connectivity index (χ2n) is 4.51. The molecule has 5 nitrogen and oxygen atoms in total. The molecular formula is C12H21N3O2. The minimum absolute atomic E-state index is 0.222. The number of methoxy groups -OCH3 is 1. The average Bonchev–Trinajstić information content (AvgIpc) is 3.03. The molecule has 1 atom stereocenters. The molecule has 1 N–H and O–H groups in total. The Kier molecular flexibility index (Phi) is 3.79. The molecule has 0 amide bonds. The molecule has 1 saturated heterocycles. The van der Waals surface area contributed by atoms with Crippen LogP contribution < -0.4 is 5.32 Å². The van der Waals surface area contributed by atoms with Crippen molar-refractivity contribution in [3.8, 4) is 0 Å². The first-order chi connectivity index (χ1) is 8.25. The molecule has 0 saturated carbocycles. The van der Waals surface area contributed by atoms with E-state index in [0.29, 0.717) is 11.7 Å². The van der Waals surface area contributed by atoms with E-state index < -0.39 is 5.60 Å². The molecule has 0 bridgehead atoms. The fourth-order valence-corrected chi connectivity index (χ4v) is 2.40. The highest BCUT2D eigenvalue weighted by molar-refractivity contribution is 5.03. The minimum Gasteiger partial charge on any atom is -0.370 e. The predicted molar refractivity (Wildman–Crippen MR) is 63.5 cm³/mol. The van der Waals surface area contributed by atoms with E-state index in [9.17, 15) is 0 Å². The summed E-state index contributed by atoms with van der Waals surface area (Å²) in [7, 11) is 1.71. The summed E-state index contributed by atoms with van der Waals surface area (Å²) in [4.78, 5) is 4.51. The Morgan fingerprint density at radius 1 is 1.47 bits per heavy atom. The van der Waals surface area contributed by atoms with Gasteiger partial charge in [0.1, 0.15) is 5.60 Å². The van der Waals surface area contributed by atoms with E-state index in [0.717, 1.165) is 25.8 Å². The van der Waals surface area contributed by atoms with E-state index in [2.05, 4.69) is 29.3 Å². The van der Waals surface area contributed by atoms with Crippen molar-refractivity contribution >= 4 is 0 Å². The molecule has 96 valence electrons. The number of ether oxygens (including phenoxy) is 1. The molecule has 2 heterocycles. The van der Waals surface area contributed by atoms with Gasteiger partial charge in [-0.2, -0.15) is 4.98 Å². The highest BCUT2D eigenvalue weighted by atomic mass is 16.5. The van der Waals surface area contributed by atoms with Gasteiger partial charge in [0.2, 0.25) is 11.7 Å². The molecule has 0 aliphatic carbocycles. The van der Waals surface area contributed by atoms with Crippen LogP contribution in [0.25, 0.3) is 0 Å². The van der Waals surface area contributed by atoms with Crippen molar-refractivity contribution in [3.63, 3.8) is 0 Å². The predicted octanol–water partition coefficient (Wildman–Crippen LogP) is 2.16. The molecule has 2 rings (SSSR count). The standard InChI is InChI=1S/C12H21N3O2/c1-4-12(5-2,16-3)11-14-10(17-15-11)9-7-6-8-13-9/h9,13H,4-8H2,1-3H3/t9-/m1/s1. The molecule has 1 aromatic heterocycles. The lowest BCUT2D eigenvalue weighted by atomic mass is 9.96. The molecule has 1 aromatic rings. The number of aromatic nitrogens is 2. The molecule has 0 aromatic carbocycles. The van der Waals surface area contributed by atoms with Crippen molar-refractivity contribution in [3.05, 3.63) is 11.7 Å². The summed E-state index contributed by atoms with van der Waals surface area (Å²) in [5, 5.41) is 7.45. The molecule has 1 aliphatic rings. The lowest BCUT2D eigenvalue weighted by Crippen LogP contribution is -2.28. The van der Waals surface area contributed by atoms with Gasteiger partial charge < -0.3 is 14.6 Å². The maximum atomic E-state index is 5.59. The molecule has 0 radical (unpaired) electrons. The van der Waals surface area contributed by atoms with Gasteiger partial charge in [0.05, 0.1) is 6.04 Å². The first-order valence-corrected chi connectivity index (χ1v) is 6.38. The molecule has 1 aliphatic heterocycles. The van der Waals surface area contributed by atoms with Crippen LogP contribution in [0.5, 0.6) is 0 Å². The van der Waals surface area contributed by atoms with E-state index in [1.54, 1.807) is 7.11 Å².